The summed E-state index contributed by atoms with van der Waals surface area (Å²) in [5, 5.41) is 0. The molecule has 1 aromatic rings. The Labute approximate surface area is 185 Å². The molecule has 2 N–H and O–H groups in total. The summed E-state index contributed by atoms with van der Waals surface area (Å²) in [6.45, 7) is 7.11. The summed E-state index contributed by atoms with van der Waals surface area (Å²) in [7, 11) is -3.68. The molecule has 1 atom stereocenters. The van der Waals surface area contributed by atoms with Gasteiger partial charge in [0.15, 0.2) is 5.96 Å². The Bertz CT molecular complexity index is 924. The van der Waals surface area contributed by atoms with Gasteiger partial charge in [-0.25, -0.2) is 13.4 Å². The number of thiophene rings is 1. The van der Waals surface area contributed by atoms with Crippen LogP contribution in [0.15, 0.2) is 16.0 Å². The van der Waals surface area contributed by atoms with Crippen LogP contribution in [0, 0.1) is 11.8 Å². The van der Waals surface area contributed by atoms with Crippen molar-refractivity contribution in [1.29, 1.82) is 0 Å². The highest BCUT2D eigenvalue weighted by atomic mass is 35.5. The number of halogens is 2. The first-order valence-corrected chi connectivity index (χ1v) is 12.6. The number of piperidine rings is 1. The van der Waals surface area contributed by atoms with Gasteiger partial charge in [0.1, 0.15) is 14.8 Å². The molecule has 29 heavy (non-hydrogen) atoms. The Morgan fingerprint density at radius 2 is 1.97 bits per heavy atom. The number of hydrogen-bond donors (Lipinski definition) is 1. The third-order valence-corrected chi connectivity index (χ3v) is 9.06. The Kier molecular flexibility index (Phi) is 6.56. The lowest BCUT2D eigenvalue weighted by Crippen LogP contribution is -2.47. The Balaban J connectivity index is 1.63. The highest BCUT2D eigenvalue weighted by Gasteiger charge is 2.45. The predicted molar refractivity (Wildman–Crippen MR) is 117 cm³/mol. The van der Waals surface area contributed by atoms with Gasteiger partial charge in [0.25, 0.3) is 5.91 Å². The fourth-order valence-electron chi connectivity index (χ4n) is 4.09. The molecule has 11 heteroatoms. The molecule has 3 heterocycles. The minimum atomic E-state index is -3.68. The molecule has 7 nitrogen and oxygen atoms in total. The van der Waals surface area contributed by atoms with Crippen LogP contribution in [0.5, 0.6) is 0 Å². The van der Waals surface area contributed by atoms with Gasteiger partial charge in [-0.2, -0.15) is 4.31 Å². The number of guanidine groups is 1. The van der Waals surface area contributed by atoms with Crippen molar-refractivity contribution in [2.45, 2.75) is 50.5 Å². The van der Waals surface area contributed by atoms with Gasteiger partial charge in [0.2, 0.25) is 10.0 Å². The number of carbonyl (C=O) groups excluding carboxylic acids is 1. The number of nitrogens with zero attached hydrogens (tertiary/aromatic N) is 3. The fraction of sp³-hybridized carbons (Fsp3) is 0.667. The summed E-state index contributed by atoms with van der Waals surface area (Å²) >= 11 is 13.0. The maximum absolute atomic E-state index is 12.9. The first kappa shape index (κ1) is 22.8. The summed E-state index contributed by atoms with van der Waals surface area (Å²) in [4.78, 5) is 18.9. The molecular formula is C18H26Cl2N4O3S2. The van der Waals surface area contributed by atoms with Gasteiger partial charge in [-0.15, -0.1) is 11.3 Å². The topological polar surface area (TPSA) is 96.1 Å². The van der Waals surface area contributed by atoms with Gasteiger partial charge >= 0.3 is 0 Å². The molecule has 162 valence electrons. The zero-order chi connectivity index (χ0) is 21.6. The lowest BCUT2D eigenvalue weighted by atomic mass is 9.90. The fourth-order valence-corrected chi connectivity index (χ4v) is 7.67. The van der Waals surface area contributed by atoms with Gasteiger partial charge in [0, 0.05) is 19.6 Å². The number of carbonyl (C=O) groups is 1. The third kappa shape index (κ3) is 4.58. The molecule has 0 aliphatic carbocycles. The molecule has 1 amide bonds. The van der Waals surface area contributed by atoms with E-state index in [1.807, 2.05) is 6.92 Å². The lowest BCUT2D eigenvalue weighted by molar-refractivity contribution is -0.131. The molecular weight excluding hydrogens is 455 g/mol. The van der Waals surface area contributed by atoms with Gasteiger partial charge in [-0.05, 0) is 44.1 Å². The second-order valence-electron chi connectivity index (χ2n) is 8.29. The molecule has 0 saturated carbocycles. The zero-order valence-corrected chi connectivity index (χ0v) is 19.8. The van der Waals surface area contributed by atoms with Crippen molar-refractivity contribution in [3.8, 4) is 0 Å². The van der Waals surface area contributed by atoms with Crippen LogP contribution in [0.25, 0.3) is 0 Å². The van der Waals surface area contributed by atoms with Crippen molar-refractivity contribution >= 4 is 56.4 Å². The number of rotatable bonds is 6. The van der Waals surface area contributed by atoms with Crippen molar-refractivity contribution in [3.63, 3.8) is 0 Å². The minimum Gasteiger partial charge on any atom is -0.369 e. The second kappa shape index (κ2) is 8.34. The van der Waals surface area contributed by atoms with Crippen molar-refractivity contribution in [2.24, 2.45) is 22.6 Å². The minimum absolute atomic E-state index is 0.0585. The number of nitrogens with two attached hydrogens (primary N) is 1. The van der Waals surface area contributed by atoms with E-state index < -0.39 is 15.6 Å². The zero-order valence-electron chi connectivity index (χ0n) is 16.7. The molecule has 1 fully saturated rings. The number of sulfonamides is 1. The van der Waals surface area contributed by atoms with E-state index >= 15 is 0 Å². The van der Waals surface area contributed by atoms with Crippen molar-refractivity contribution in [3.05, 3.63) is 14.7 Å². The van der Waals surface area contributed by atoms with Gasteiger partial charge in [-0.1, -0.05) is 37.0 Å². The van der Waals surface area contributed by atoms with Crippen LogP contribution in [-0.4, -0.2) is 54.7 Å². The van der Waals surface area contributed by atoms with Crippen molar-refractivity contribution in [1.82, 2.24) is 9.21 Å². The molecule has 2 aliphatic rings. The molecule has 2 aliphatic heterocycles. The number of hydrogen-bond acceptors (Lipinski definition) is 6. The average Bonchev–Trinajstić information content (AvgIpc) is 3.06. The van der Waals surface area contributed by atoms with E-state index in [9.17, 15) is 13.2 Å². The van der Waals surface area contributed by atoms with Crippen LogP contribution < -0.4 is 5.73 Å². The highest BCUT2D eigenvalue weighted by molar-refractivity contribution is 7.89. The predicted octanol–water partition coefficient (Wildman–Crippen LogP) is 3.42. The molecule has 0 bridgehead atoms. The quantitative estimate of drug-likeness (QED) is 0.674. The molecule has 0 aromatic carbocycles. The SMILES string of the molecule is CC(C)CC1(C)N=C(N)N(CC2CCN(S(=O)(=O)c3cc(Cl)sc3Cl)CC2)C1=O. The van der Waals surface area contributed by atoms with Crippen LogP contribution in [-0.2, 0) is 14.8 Å². The van der Waals surface area contributed by atoms with Gasteiger partial charge in [0.05, 0.1) is 4.34 Å². The Hall–Kier alpha value is -0.870. The molecule has 0 spiro atoms. The smallest absolute Gasteiger partial charge is 0.257 e. The largest absolute Gasteiger partial charge is 0.369 e. The standard InChI is InChI=1S/C18H26Cl2N4O3S2/c1-11(2)9-18(3)16(25)24(17(21)22-18)10-12-4-6-23(7-5-12)29(26,27)13-8-14(19)28-15(13)20/h8,11-12H,4-7,9-10H2,1-3H3,(H2,21,22). The second-order valence-corrected chi connectivity index (χ2v) is 12.5. The van der Waals surface area contributed by atoms with E-state index in [0.717, 1.165) is 11.3 Å². The van der Waals surface area contributed by atoms with E-state index in [-0.39, 0.29) is 27.0 Å². The normalized spacial score (nSPS) is 24.6. The molecule has 1 saturated heterocycles. The van der Waals surface area contributed by atoms with Gasteiger partial charge < -0.3 is 5.73 Å². The molecule has 1 aromatic heterocycles. The maximum atomic E-state index is 12.9. The monoisotopic (exact) mass is 480 g/mol. The van der Waals surface area contributed by atoms with Crippen LogP contribution >= 0.6 is 34.5 Å². The molecule has 1 unspecified atom stereocenters. The highest BCUT2D eigenvalue weighted by Crippen LogP contribution is 2.37. The summed E-state index contributed by atoms with van der Waals surface area (Å²) < 4.78 is 27.6. The van der Waals surface area contributed by atoms with Crippen LogP contribution in [0.1, 0.15) is 40.0 Å². The first-order chi connectivity index (χ1) is 13.4. The van der Waals surface area contributed by atoms with E-state index in [0.29, 0.717) is 49.2 Å². The number of amides is 1. The Morgan fingerprint density at radius 3 is 2.48 bits per heavy atom. The lowest BCUT2D eigenvalue weighted by Gasteiger charge is -2.33. The summed E-state index contributed by atoms with van der Waals surface area (Å²) in [6, 6.07) is 1.39. The maximum Gasteiger partial charge on any atom is 0.257 e. The summed E-state index contributed by atoms with van der Waals surface area (Å²) in [5.74, 6) is 0.666. The molecule has 0 radical (unpaired) electrons. The Morgan fingerprint density at radius 1 is 1.34 bits per heavy atom. The first-order valence-electron chi connectivity index (χ1n) is 9.56. The van der Waals surface area contributed by atoms with Gasteiger partial charge in [-0.3, -0.25) is 9.69 Å². The molecule has 3 rings (SSSR count). The van der Waals surface area contributed by atoms with Crippen LogP contribution in [0.2, 0.25) is 8.67 Å². The summed E-state index contributed by atoms with van der Waals surface area (Å²) in [6.07, 6.45) is 1.91. The van der Waals surface area contributed by atoms with E-state index in [4.69, 9.17) is 28.9 Å². The summed E-state index contributed by atoms with van der Waals surface area (Å²) in [5.41, 5.74) is 5.24. The van der Waals surface area contributed by atoms with E-state index in [1.54, 1.807) is 4.90 Å². The van der Waals surface area contributed by atoms with E-state index in [1.165, 1.54) is 10.4 Å². The van der Waals surface area contributed by atoms with E-state index in [2.05, 4.69) is 18.8 Å². The third-order valence-electron chi connectivity index (χ3n) is 5.41. The van der Waals surface area contributed by atoms with Crippen LogP contribution in [0.4, 0.5) is 0 Å². The average molecular weight is 481 g/mol. The number of aliphatic imine (C=N–C) groups is 1. The van der Waals surface area contributed by atoms with Crippen molar-refractivity contribution < 1.29 is 13.2 Å². The van der Waals surface area contributed by atoms with Crippen LogP contribution in [0.3, 0.4) is 0 Å². The van der Waals surface area contributed by atoms with Crippen molar-refractivity contribution in [2.75, 3.05) is 19.6 Å².